The number of benzene rings is 3. The molecule has 0 atom stereocenters. The van der Waals surface area contributed by atoms with Crippen molar-refractivity contribution in [3.63, 3.8) is 0 Å². The summed E-state index contributed by atoms with van der Waals surface area (Å²) in [5, 5.41) is 11.1. The predicted octanol–water partition coefficient (Wildman–Crippen LogP) is 4.58. The fourth-order valence-corrected chi connectivity index (χ4v) is 4.25. The zero-order valence-corrected chi connectivity index (χ0v) is 21.7. The second kappa shape index (κ2) is 12.6. The number of nitrogens with one attached hydrogen (secondary N) is 2. The lowest BCUT2D eigenvalue weighted by molar-refractivity contribution is 0.0889. The summed E-state index contributed by atoms with van der Waals surface area (Å²) in [5.74, 6) is 1.03. The van der Waals surface area contributed by atoms with E-state index in [0.717, 1.165) is 48.3 Å². The molecule has 5 rings (SSSR count). The average Bonchev–Trinajstić information content (AvgIpc) is 3.31. The van der Waals surface area contributed by atoms with E-state index < -0.39 is 0 Å². The van der Waals surface area contributed by atoms with Crippen LogP contribution in [0, 0.1) is 0 Å². The van der Waals surface area contributed by atoms with E-state index in [1.165, 1.54) is 0 Å². The maximum Gasteiger partial charge on any atom is 0.256 e. The zero-order chi connectivity index (χ0) is 24.7. The van der Waals surface area contributed by atoms with E-state index in [9.17, 15) is 4.79 Å². The minimum Gasteiger partial charge on any atom is -0.491 e. The van der Waals surface area contributed by atoms with E-state index >= 15 is 0 Å². The SMILES string of the molecule is CN1CCN(c2cccc(C(=O)Nc3n[nH]c4cc(OCCOCc5ccccc5)ccc34)c2)CC1.Cl. The van der Waals surface area contributed by atoms with E-state index in [2.05, 4.69) is 38.4 Å². The molecule has 1 aromatic heterocycles. The number of H-pyrrole nitrogens is 1. The normalized spacial score (nSPS) is 13.8. The summed E-state index contributed by atoms with van der Waals surface area (Å²) in [7, 11) is 2.13. The summed E-state index contributed by atoms with van der Waals surface area (Å²) in [6.45, 7) is 5.43. The average molecular weight is 522 g/mol. The third-order valence-corrected chi connectivity index (χ3v) is 6.35. The van der Waals surface area contributed by atoms with Gasteiger partial charge in [0, 0.05) is 48.9 Å². The number of nitrogens with zero attached hydrogens (tertiary/aromatic N) is 3. The molecule has 0 bridgehead atoms. The molecule has 194 valence electrons. The van der Waals surface area contributed by atoms with Gasteiger partial charge in [-0.25, -0.2) is 0 Å². The van der Waals surface area contributed by atoms with Gasteiger partial charge < -0.3 is 24.6 Å². The van der Waals surface area contributed by atoms with Crippen LogP contribution in [0.25, 0.3) is 10.9 Å². The molecule has 0 saturated carbocycles. The smallest absolute Gasteiger partial charge is 0.256 e. The number of halogens is 1. The van der Waals surface area contributed by atoms with Crippen molar-refractivity contribution in [2.45, 2.75) is 6.61 Å². The van der Waals surface area contributed by atoms with Gasteiger partial charge in [0.25, 0.3) is 5.91 Å². The summed E-state index contributed by atoms with van der Waals surface area (Å²) < 4.78 is 11.5. The van der Waals surface area contributed by atoms with Gasteiger partial charge >= 0.3 is 0 Å². The number of amides is 1. The first-order valence-corrected chi connectivity index (χ1v) is 12.2. The van der Waals surface area contributed by atoms with Crippen LogP contribution in [0.5, 0.6) is 5.75 Å². The Hall–Kier alpha value is -3.59. The number of likely N-dealkylation sites (N-methyl/N-ethyl adjacent to an activating group) is 1. The molecular formula is C28H32ClN5O3. The van der Waals surface area contributed by atoms with E-state index in [1.807, 2.05) is 66.7 Å². The number of aromatic amines is 1. The molecule has 37 heavy (non-hydrogen) atoms. The Morgan fingerprint density at radius 3 is 2.59 bits per heavy atom. The number of fused-ring (bicyclic) bond motifs is 1. The second-order valence-electron chi connectivity index (χ2n) is 8.96. The molecule has 1 aliphatic heterocycles. The number of piperazine rings is 1. The molecule has 2 N–H and O–H groups in total. The molecule has 8 nitrogen and oxygen atoms in total. The summed E-state index contributed by atoms with van der Waals surface area (Å²) in [4.78, 5) is 17.6. The minimum absolute atomic E-state index is 0. The van der Waals surface area contributed by atoms with Crippen LogP contribution in [0.15, 0.2) is 72.8 Å². The highest BCUT2D eigenvalue weighted by Crippen LogP contribution is 2.26. The fourth-order valence-electron chi connectivity index (χ4n) is 4.25. The highest BCUT2D eigenvalue weighted by molar-refractivity contribution is 6.08. The van der Waals surface area contributed by atoms with Gasteiger partial charge in [0.15, 0.2) is 5.82 Å². The van der Waals surface area contributed by atoms with Crippen molar-refractivity contribution in [3.8, 4) is 5.75 Å². The maximum atomic E-state index is 13.0. The molecule has 1 fully saturated rings. The summed E-state index contributed by atoms with van der Waals surface area (Å²) >= 11 is 0. The van der Waals surface area contributed by atoms with E-state index in [0.29, 0.717) is 37.0 Å². The number of ether oxygens (including phenoxy) is 2. The lowest BCUT2D eigenvalue weighted by atomic mass is 10.1. The van der Waals surface area contributed by atoms with Crippen molar-refractivity contribution in [2.75, 3.05) is 56.7 Å². The summed E-state index contributed by atoms with van der Waals surface area (Å²) in [6.07, 6.45) is 0. The van der Waals surface area contributed by atoms with Gasteiger partial charge in [-0.15, -0.1) is 12.4 Å². The molecule has 9 heteroatoms. The van der Waals surface area contributed by atoms with Crippen molar-refractivity contribution < 1.29 is 14.3 Å². The quantitative estimate of drug-likeness (QED) is 0.314. The van der Waals surface area contributed by atoms with Crippen molar-refractivity contribution >= 4 is 40.7 Å². The number of anilines is 2. The molecule has 0 radical (unpaired) electrons. The van der Waals surface area contributed by atoms with Crippen LogP contribution in [0.3, 0.4) is 0 Å². The third-order valence-electron chi connectivity index (χ3n) is 6.35. The van der Waals surface area contributed by atoms with E-state index in [-0.39, 0.29) is 18.3 Å². The monoisotopic (exact) mass is 521 g/mol. The van der Waals surface area contributed by atoms with Gasteiger partial charge in [-0.1, -0.05) is 36.4 Å². The third kappa shape index (κ3) is 6.80. The van der Waals surface area contributed by atoms with Crippen molar-refractivity contribution in [3.05, 3.63) is 83.9 Å². The largest absolute Gasteiger partial charge is 0.491 e. The maximum absolute atomic E-state index is 13.0. The molecule has 1 aliphatic rings. The molecule has 1 saturated heterocycles. The van der Waals surface area contributed by atoms with E-state index in [1.54, 1.807) is 0 Å². The number of carbonyl (C=O) groups is 1. The minimum atomic E-state index is -0.185. The van der Waals surface area contributed by atoms with Gasteiger partial charge in [-0.3, -0.25) is 9.89 Å². The van der Waals surface area contributed by atoms with Crippen LogP contribution < -0.4 is 15.0 Å². The second-order valence-corrected chi connectivity index (χ2v) is 8.96. The number of hydrogen-bond acceptors (Lipinski definition) is 6. The van der Waals surface area contributed by atoms with Gasteiger partial charge in [-0.2, -0.15) is 5.10 Å². The number of hydrogen-bond donors (Lipinski definition) is 2. The van der Waals surface area contributed by atoms with Crippen LogP contribution in [-0.2, 0) is 11.3 Å². The molecule has 4 aromatic rings. The summed E-state index contributed by atoms with van der Waals surface area (Å²) in [6, 6.07) is 23.5. The number of carbonyl (C=O) groups excluding carboxylic acids is 1. The Morgan fingerprint density at radius 1 is 0.973 bits per heavy atom. The van der Waals surface area contributed by atoms with Crippen LogP contribution in [-0.4, -0.2) is 67.4 Å². The lowest BCUT2D eigenvalue weighted by Gasteiger charge is -2.34. The zero-order valence-electron chi connectivity index (χ0n) is 20.9. The molecule has 3 aromatic carbocycles. The Labute approximate surface area is 223 Å². The Balaban J connectivity index is 0.00000320. The molecule has 2 heterocycles. The molecule has 0 aliphatic carbocycles. The number of rotatable bonds is 9. The topological polar surface area (TPSA) is 82.7 Å². The van der Waals surface area contributed by atoms with Crippen LogP contribution in [0.1, 0.15) is 15.9 Å². The van der Waals surface area contributed by atoms with Crippen LogP contribution in [0.4, 0.5) is 11.5 Å². The molecule has 1 amide bonds. The van der Waals surface area contributed by atoms with Gasteiger partial charge in [-0.05, 0) is 42.9 Å². The highest BCUT2D eigenvalue weighted by Gasteiger charge is 2.17. The first kappa shape index (κ1) is 26.5. The van der Waals surface area contributed by atoms with Crippen LogP contribution in [0.2, 0.25) is 0 Å². The van der Waals surface area contributed by atoms with Crippen LogP contribution >= 0.6 is 12.4 Å². The summed E-state index contributed by atoms with van der Waals surface area (Å²) in [5.41, 5.74) is 3.60. The van der Waals surface area contributed by atoms with Gasteiger partial charge in [0.2, 0.25) is 0 Å². The Bertz CT molecular complexity index is 1310. The predicted molar refractivity (Wildman–Crippen MR) is 149 cm³/mol. The molecule has 0 unspecified atom stereocenters. The highest BCUT2D eigenvalue weighted by atomic mass is 35.5. The molecule has 0 spiro atoms. The van der Waals surface area contributed by atoms with Gasteiger partial charge in [0.05, 0.1) is 18.7 Å². The first-order chi connectivity index (χ1) is 17.7. The lowest BCUT2D eigenvalue weighted by Crippen LogP contribution is -2.44. The first-order valence-electron chi connectivity index (χ1n) is 12.2. The fraction of sp³-hybridized carbons (Fsp3) is 0.286. The standard InChI is InChI=1S/C28H31N5O3.ClH/c1-32-12-14-33(15-13-32)23-9-5-8-22(18-23)28(34)29-27-25-11-10-24(19-26(25)30-31-27)36-17-16-35-20-21-6-3-2-4-7-21;/h2-11,18-19H,12-17,20H2,1H3,(H2,29,30,31,34);1H. The van der Waals surface area contributed by atoms with Crippen molar-refractivity contribution in [1.82, 2.24) is 15.1 Å². The number of aromatic nitrogens is 2. The van der Waals surface area contributed by atoms with E-state index in [4.69, 9.17) is 9.47 Å². The van der Waals surface area contributed by atoms with Crippen molar-refractivity contribution in [1.29, 1.82) is 0 Å². The Morgan fingerprint density at radius 2 is 1.78 bits per heavy atom. The Kier molecular flexibility index (Phi) is 9.00. The van der Waals surface area contributed by atoms with Gasteiger partial charge in [0.1, 0.15) is 12.4 Å². The van der Waals surface area contributed by atoms with Crippen molar-refractivity contribution in [2.24, 2.45) is 0 Å². The molecular weight excluding hydrogens is 490 g/mol.